The van der Waals surface area contributed by atoms with Crippen molar-refractivity contribution >= 4 is 38.5 Å². The van der Waals surface area contributed by atoms with Gasteiger partial charge in [0.05, 0.1) is 16.8 Å². The Labute approximate surface area is 139 Å². The lowest BCUT2D eigenvalue weighted by Gasteiger charge is -2.34. The summed E-state index contributed by atoms with van der Waals surface area (Å²) in [4.78, 5) is 33.9. The number of anilines is 1. The third-order valence-corrected chi connectivity index (χ3v) is 5.23. The summed E-state index contributed by atoms with van der Waals surface area (Å²) >= 11 is 1.52. The smallest absolute Gasteiger partial charge is 0.242 e. The molecular weight excluding hydrogens is 312 g/mol. The van der Waals surface area contributed by atoms with E-state index >= 15 is 0 Å². The molecule has 0 atom stereocenters. The highest BCUT2D eigenvalue weighted by Gasteiger charge is 2.23. The van der Waals surface area contributed by atoms with Gasteiger partial charge in [0.1, 0.15) is 0 Å². The zero-order chi connectivity index (χ0) is 16.4. The molecule has 7 heteroatoms. The number of nitrogens with zero attached hydrogens (tertiary/aromatic N) is 4. The fourth-order valence-corrected chi connectivity index (χ4v) is 3.57. The zero-order valence-corrected chi connectivity index (χ0v) is 14.2. The number of hydrogen-bond donors (Lipinski definition) is 0. The molecule has 2 aromatic rings. The molecule has 1 aliphatic rings. The van der Waals surface area contributed by atoms with Crippen LogP contribution in [0.5, 0.6) is 0 Å². The van der Waals surface area contributed by atoms with Crippen molar-refractivity contribution in [3.05, 3.63) is 24.3 Å². The summed E-state index contributed by atoms with van der Waals surface area (Å²) in [7, 11) is 1.77. The van der Waals surface area contributed by atoms with Gasteiger partial charge in [0.2, 0.25) is 11.8 Å². The van der Waals surface area contributed by atoms with E-state index in [9.17, 15) is 9.59 Å². The lowest BCUT2D eigenvalue weighted by Crippen LogP contribution is -2.50. The standard InChI is InChI=1S/C16H20N4O2S/c1-12(21)20-9-7-19(8-10-20)11-15(22)18(2)16-17-13-5-3-4-6-14(13)23-16/h3-6H,7-11H2,1-2H3. The minimum Gasteiger partial charge on any atom is -0.340 e. The first-order valence-electron chi connectivity index (χ1n) is 7.64. The Morgan fingerprint density at radius 1 is 1.22 bits per heavy atom. The number of carbonyl (C=O) groups excluding carboxylic acids is 2. The molecule has 6 nitrogen and oxygen atoms in total. The zero-order valence-electron chi connectivity index (χ0n) is 13.4. The Balaban J connectivity index is 1.61. The summed E-state index contributed by atoms with van der Waals surface area (Å²) in [6.45, 7) is 4.79. The van der Waals surface area contributed by atoms with Gasteiger partial charge in [0.25, 0.3) is 0 Å². The second kappa shape index (κ2) is 6.64. The van der Waals surface area contributed by atoms with E-state index in [1.807, 2.05) is 29.2 Å². The third kappa shape index (κ3) is 3.51. The van der Waals surface area contributed by atoms with Gasteiger partial charge in [-0.25, -0.2) is 4.98 Å². The lowest BCUT2D eigenvalue weighted by atomic mass is 10.3. The van der Waals surface area contributed by atoms with Crippen LogP contribution in [0.4, 0.5) is 5.13 Å². The predicted octanol–water partition coefficient (Wildman–Crippen LogP) is 1.42. The number of para-hydroxylation sites is 1. The lowest BCUT2D eigenvalue weighted by molar-refractivity contribution is -0.130. The van der Waals surface area contributed by atoms with Crippen molar-refractivity contribution < 1.29 is 9.59 Å². The van der Waals surface area contributed by atoms with E-state index in [2.05, 4.69) is 9.88 Å². The van der Waals surface area contributed by atoms with Gasteiger partial charge >= 0.3 is 0 Å². The molecule has 0 saturated carbocycles. The molecule has 1 saturated heterocycles. The number of fused-ring (bicyclic) bond motifs is 1. The molecule has 3 rings (SSSR count). The molecule has 0 unspecified atom stereocenters. The van der Waals surface area contributed by atoms with Crippen LogP contribution in [-0.2, 0) is 9.59 Å². The summed E-state index contributed by atoms with van der Waals surface area (Å²) in [5, 5.41) is 0.721. The second-order valence-corrected chi connectivity index (χ2v) is 6.71. The van der Waals surface area contributed by atoms with Crippen molar-refractivity contribution in [1.29, 1.82) is 0 Å². The average molecular weight is 332 g/mol. The van der Waals surface area contributed by atoms with Crippen LogP contribution >= 0.6 is 11.3 Å². The van der Waals surface area contributed by atoms with Gasteiger partial charge in [-0.1, -0.05) is 23.5 Å². The molecule has 2 amide bonds. The number of benzene rings is 1. The summed E-state index contributed by atoms with van der Waals surface area (Å²) in [5.41, 5.74) is 0.919. The van der Waals surface area contributed by atoms with Gasteiger partial charge in [-0.05, 0) is 12.1 Å². The topological polar surface area (TPSA) is 56.8 Å². The van der Waals surface area contributed by atoms with Crippen molar-refractivity contribution in [2.75, 3.05) is 44.7 Å². The highest BCUT2D eigenvalue weighted by molar-refractivity contribution is 7.22. The number of rotatable bonds is 3. The Hall–Kier alpha value is -1.99. The van der Waals surface area contributed by atoms with Crippen LogP contribution in [0, 0.1) is 0 Å². The van der Waals surface area contributed by atoms with Crippen molar-refractivity contribution in [1.82, 2.24) is 14.8 Å². The molecule has 122 valence electrons. The molecule has 0 aliphatic carbocycles. The third-order valence-electron chi connectivity index (χ3n) is 4.12. The minimum atomic E-state index is 0.0281. The summed E-state index contributed by atoms with van der Waals surface area (Å²) < 4.78 is 1.08. The van der Waals surface area contributed by atoms with E-state index in [1.165, 1.54) is 11.3 Å². The number of piperazine rings is 1. The number of thiazole rings is 1. The first-order chi connectivity index (χ1) is 11.0. The first kappa shape index (κ1) is 15.9. The molecule has 2 heterocycles. The van der Waals surface area contributed by atoms with Crippen LogP contribution in [0.25, 0.3) is 10.2 Å². The van der Waals surface area contributed by atoms with Gasteiger partial charge < -0.3 is 4.90 Å². The molecule has 23 heavy (non-hydrogen) atoms. The molecular formula is C16H20N4O2S. The average Bonchev–Trinajstić information content (AvgIpc) is 2.98. The van der Waals surface area contributed by atoms with Crippen LogP contribution in [0.2, 0.25) is 0 Å². The van der Waals surface area contributed by atoms with Crippen LogP contribution in [0.3, 0.4) is 0 Å². The number of aromatic nitrogens is 1. The molecule has 1 aromatic carbocycles. The first-order valence-corrected chi connectivity index (χ1v) is 8.46. The van der Waals surface area contributed by atoms with Crippen LogP contribution < -0.4 is 4.90 Å². The van der Waals surface area contributed by atoms with Gasteiger partial charge in [0.15, 0.2) is 5.13 Å². The van der Waals surface area contributed by atoms with E-state index in [1.54, 1.807) is 18.9 Å². The van der Waals surface area contributed by atoms with E-state index in [0.29, 0.717) is 19.6 Å². The van der Waals surface area contributed by atoms with E-state index in [4.69, 9.17) is 0 Å². The predicted molar refractivity (Wildman–Crippen MR) is 91.7 cm³/mol. The van der Waals surface area contributed by atoms with Gasteiger partial charge in [-0.2, -0.15) is 0 Å². The number of hydrogen-bond acceptors (Lipinski definition) is 5. The van der Waals surface area contributed by atoms with Crippen molar-refractivity contribution in [3.8, 4) is 0 Å². The summed E-state index contributed by atoms with van der Waals surface area (Å²) in [5.74, 6) is 0.128. The van der Waals surface area contributed by atoms with Crippen molar-refractivity contribution in [3.63, 3.8) is 0 Å². The maximum absolute atomic E-state index is 12.5. The van der Waals surface area contributed by atoms with Gasteiger partial charge in [-0.15, -0.1) is 0 Å². The van der Waals surface area contributed by atoms with E-state index in [-0.39, 0.29) is 11.8 Å². The number of amides is 2. The Morgan fingerprint density at radius 3 is 2.57 bits per heavy atom. The molecule has 1 fully saturated rings. The molecule has 1 aliphatic heterocycles. The monoisotopic (exact) mass is 332 g/mol. The molecule has 0 N–H and O–H groups in total. The highest BCUT2D eigenvalue weighted by atomic mass is 32.1. The van der Waals surface area contributed by atoms with Gasteiger partial charge in [0, 0.05) is 40.2 Å². The molecule has 0 spiro atoms. The molecule has 0 radical (unpaired) electrons. The Morgan fingerprint density at radius 2 is 1.91 bits per heavy atom. The number of likely N-dealkylation sites (N-methyl/N-ethyl adjacent to an activating group) is 1. The maximum atomic E-state index is 12.5. The fourth-order valence-electron chi connectivity index (χ4n) is 2.63. The minimum absolute atomic E-state index is 0.0281. The van der Waals surface area contributed by atoms with Crippen LogP contribution in [0.1, 0.15) is 6.92 Å². The maximum Gasteiger partial charge on any atom is 0.242 e. The molecule has 1 aromatic heterocycles. The van der Waals surface area contributed by atoms with Crippen LogP contribution in [0.15, 0.2) is 24.3 Å². The Kier molecular flexibility index (Phi) is 4.58. The quantitative estimate of drug-likeness (QED) is 0.853. The fraction of sp³-hybridized carbons (Fsp3) is 0.438. The normalized spacial score (nSPS) is 15.8. The van der Waals surface area contributed by atoms with Crippen molar-refractivity contribution in [2.45, 2.75) is 6.92 Å². The Bertz CT molecular complexity index is 689. The second-order valence-electron chi connectivity index (χ2n) is 5.70. The van der Waals surface area contributed by atoms with Gasteiger partial charge in [-0.3, -0.25) is 19.4 Å². The largest absolute Gasteiger partial charge is 0.340 e. The SMILES string of the molecule is CC(=O)N1CCN(CC(=O)N(C)c2nc3ccccc3s2)CC1. The number of carbonyl (C=O) groups is 2. The summed E-state index contributed by atoms with van der Waals surface area (Å²) in [6, 6.07) is 7.88. The summed E-state index contributed by atoms with van der Waals surface area (Å²) in [6.07, 6.45) is 0. The van der Waals surface area contributed by atoms with Crippen LogP contribution in [-0.4, -0.2) is 66.4 Å². The van der Waals surface area contributed by atoms with E-state index in [0.717, 1.165) is 28.4 Å². The highest BCUT2D eigenvalue weighted by Crippen LogP contribution is 2.27. The molecule has 0 bridgehead atoms. The van der Waals surface area contributed by atoms with Crippen molar-refractivity contribution in [2.24, 2.45) is 0 Å². The van der Waals surface area contributed by atoms with E-state index < -0.39 is 0 Å².